The third-order valence-corrected chi connectivity index (χ3v) is 10.0. The summed E-state index contributed by atoms with van der Waals surface area (Å²) < 4.78 is 0. The van der Waals surface area contributed by atoms with Crippen molar-refractivity contribution in [2.45, 2.75) is 91.4 Å². The van der Waals surface area contributed by atoms with E-state index in [1.54, 1.807) is 24.3 Å². The van der Waals surface area contributed by atoms with E-state index in [1.807, 2.05) is 33.8 Å². The molecular weight excluding hydrogens is 562 g/mol. The average molecular weight is 610 g/mol. The Bertz CT molecular complexity index is 1290. The first-order valence-corrected chi connectivity index (χ1v) is 15.8. The van der Waals surface area contributed by atoms with Crippen molar-refractivity contribution in [2.24, 2.45) is 40.7 Å². The number of nitrogens with zero attached hydrogens (tertiary/aromatic N) is 1. The molecule has 1 aromatic rings. The smallest absolute Gasteiger partial charge is 0.316 e. The van der Waals surface area contributed by atoms with Gasteiger partial charge in [0.2, 0.25) is 17.6 Å². The Morgan fingerprint density at radius 2 is 1.52 bits per heavy atom. The molecule has 3 fully saturated rings. The second kappa shape index (κ2) is 13.1. The van der Waals surface area contributed by atoms with Crippen molar-refractivity contribution in [1.29, 1.82) is 0 Å². The summed E-state index contributed by atoms with van der Waals surface area (Å²) in [6, 6.07) is 4.49. The number of piperidine rings is 1. The summed E-state index contributed by atoms with van der Waals surface area (Å²) in [5, 5.41) is 8.42. The van der Waals surface area contributed by atoms with Crippen LogP contribution in [0.15, 0.2) is 30.3 Å². The van der Waals surface area contributed by atoms with E-state index in [9.17, 15) is 28.8 Å². The Kier molecular flexibility index (Phi) is 9.85. The highest BCUT2D eigenvalue weighted by Gasteiger charge is 2.70. The van der Waals surface area contributed by atoms with Crippen LogP contribution in [0, 0.1) is 35.0 Å². The lowest BCUT2D eigenvalue weighted by Crippen LogP contribution is -2.61. The summed E-state index contributed by atoms with van der Waals surface area (Å²) in [5.41, 5.74) is 5.57. The zero-order valence-electron chi connectivity index (χ0n) is 26.6. The first-order chi connectivity index (χ1) is 20.7. The molecule has 3 aliphatic rings. The highest BCUT2D eigenvalue weighted by molar-refractivity contribution is 6.38. The molecule has 1 heterocycles. The number of amides is 5. The van der Waals surface area contributed by atoms with E-state index in [4.69, 9.17) is 5.73 Å². The second-order valence-electron chi connectivity index (χ2n) is 13.6. The van der Waals surface area contributed by atoms with Gasteiger partial charge in [0.1, 0.15) is 18.1 Å². The molecule has 0 spiro atoms. The summed E-state index contributed by atoms with van der Waals surface area (Å²) in [5.74, 6) is -3.64. The van der Waals surface area contributed by atoms with E-state index in [0.29, 0.717) is 37.8 Å². The summed E-state index contributed by atoms with van der Waals surface area (Å²) in [7, 11) is 0. The fraction of sp³-hybridized carbons (Fsp3) is 0.636. The van der Waals surface area contributed by atoms with Crippen molar-refractivity contribution in [2.75, 3.05) is 6.54 Å². The van der Waals surface area contributed by atoms with Gasteiger partial charge >= 0.3 is 6.03 Å². The monoisotopic (exact) mass is 609 g/mol. The summed E-state index contributed by atoms with van der Waals surface area (Å²) in [4.78, 5) is 80.5. The van der Waals surface area contributed by atoms with E-state index in [0.717, 1.165) is 0 Å². The van der Waals surface area contributed by atoms with E-state index >= 15 is 0 Å². The molecule has 2 saturated carbocycles. The van der Waals surface area contributed by atoms with Gasteiger partial charge in [-0.25, -0.2) is 4.79 Å². The van der Waals surface area contributed by atoms with E-state index in [2.05, 4.69) is 29.8 Å². The minimum atomic E-state index is -1.10. The summed E-state index contributed by atoms with van der Waals surface area (Å²) in [6.07, 6.45) is 2.61. The number of urea groups is 1. The van der Waals surface area contributed by atoms with Crippen LogP contribution < -0.4 is 21.7 Å². The largest absolute Gasteiger partial charge is 0.363 e. The first kappa shape index (κ1) is 33.1. The van der Waals surface area contributed by atoms with Gasteiger partial charge in [-0.05, 0) is 47.8 Å². The minimum Gasteiger partial charge on any atom is -0.363 e. The van der Waals surface area contributed by atoms with Crippen LogP contribution in [0.2, 0.25) is 0 Å². The number of rotatable bonds is 14. The van der Waals surface area contributed by atoms with Crippen LogP contribution >= 0.6 is 0 Å². The molecule has 2 aliphatic carbocycles. The minimum absolute atomic E-state index is 0.0819. The molecule has 44 heavy (non-hydrogen) atoms. The quantitative estimate of drug-likeness (QED) is 0.187. The fourth-order valence-electron chi connectivity index (χ4n) is 6.99. The second-order valence-corrected chi connectivity index (χ2v) is 13.6. The topological polar surface area (TPSA) is 168 Å². The van der Waals surface area contributed by atoms with Gasteiger partial charge in [0.05, 0.1) is 6.04 Å². The van der Waals surface area contributed by atoms with Gasteiger partial charge in [0.25, 0.3) is 5.91 Å². The normalized spacial score (nSPS) is 23.7. The number of benzene rings is 1. The number of ketones is 2. The third kappa shape index (κ3) is 6.66. The van der Waals surface area contributed by atoms with Gasteiger partial charge in [-0.1, -0.05) is 84.7 Å². The van der Waals surface area contributed by atoms with Crippen LogP contribution in [0.25, 0.3) is 0 Å². The van der Waals surface area contributed by atoms with Gasteiger partial charge in [-0.15, -0.1) is 0 Å². The SMILES string of the molecule is CCC(CC)[C@H](NC(=O)N[C@H](C(=O)c1ccccc1)C(C)C)C(=O)N1C[C@H]2[C@@H]([C@H]1C(=O)NC(C(=O)C(N)=O)C1CC1)C2(C)C. The molecule has 0 bridgehead atoms. The number of fused-ring (bicyclic) bond motifs is 1. The number of Topliss-reactive ketones (excluding diaryl/α,β-unsaturated/α-hetero) is 2. The standard InChI is InChI=1S/C33H47N5O6/c1-7-18(8-2)25(37-32(44)36-23(17(3)4)27(39)20-12-10-9-11-13-20)31(43)38-16-21-22(33(21,5)6)26(38)30(42)35-24(19-14-15-19)28(40)29(34)41/h9-13,17-19,21-26H,7-8,14-16H2,1-6H3,(H2,34,41)(H,35,42)(H2,36,37,44)/t21-,22-,23-,24?,25-,26-/m0/s1. The number of carbonyl (C=O) groups excluding carboxylic acids is 6. The molecule has 6 atom stereocenters. The van der Waals surface area contributed by atoms with Gasteiger partial charge in [0.15, 0.2) is 5.78 Å². The Hall–Kier alpha value is -3.76. The first-order valence-electron chi connectivity index (χ1n) is 15.8. The third-order valence-electron chi connectivity index (χ3n) is 10.0. The van der Waals surface area contributed by atoms with Crippen LogP contribution in [0.1, 0.15) is 77.6 Å². The van der Waals surface area contributed by atoms with E-state index in [-0.39, 0.29) is 46.7 Å². The van der Waals surface area contributed by atoms with Gasteiger partial charge in [-0.3, -0.25) is 24.0 Å². The molecule has 1 aromatic carbocycles. The maximum Gasteiger partial charge on any atom is 0.316 e. The van der Waals surface area contributed by atoms with Crippen molar-refractivity contribution in [3.05, 3.63) is 35.9 Å². The van der Waals surface area contributed by atoms with Crippen molar-refractivity contribution in [1.82, 2.24) is 20.9 Å². The summed E-state index contributed by atoms with van der Waals surface area (Å²) in [6.45, 7) is 12.0. The lowest BCUT2D eigenvalue weighted by atomic mass is 9.91. The van der Waals surface area contributed by atoms with Crippen LogP contribution in [-0.4, -0.2) is 70.9 Å². The van der Waals surface area contributed by atoms with E-state index < -0.39 is 47.8 Å². The van der Waals surface area contributed by atoms with Gasteiger partial charge < -0.3 is 26.6 Å². The van der Waals surface area contributed by atoms with Crippen LogP contribution in [0.3, 0.4) is 0 Å². The Labute approximate surface area is 259 Å². The maximum absolute atomic E-state index is 14.3. The molecular formula is C33H47N5O6. The van der Waals surface area contributed by atoms with Gasteiger partial charge in [0, 0.05) is 12.1 Å². The Balaban J connectivity index is 1.55. The molecule has 1 unspecified atom stereocenters. The number of hydrogen-bond acceptors (Lipinski definition) is 6. The molecule has 5 N–H and O–H groups in total. The number of primary amides is 1. The van der Waals surface area contributed by atoms with Crippen molar-refractivity contribution in [3.8, 4) is 0 Å². The van der Waals surface area contributed by atoms with E-state index in [1.165, 1.54) is 4.90 Å². The molecule has 0 aromatic heterocycles. The molecule has 1 aliphatic heterocycles. The molecule has 5 amide bonds. The highest BCUT2D eigenvalue weighted by atomic mass is 16.2. The number of hydrogen-bond donors (Lipinski definition) is 4. The van der Waals surface area contributed by atoms with Crippen molar-refractivity contribution < 1.29 is 28.8 Å². The fourth-order valence-corrected chi connectivity index (χ4v) is 6.99. The van der Waals surface area contributed by atoms with Gasteiger partial charge in [-0.2, -0.15) is 0 Å². The maximum atomic E-state index is 14.3. The predicted molar refractivity (Wildman–Crippen MR) is 164 cm³/mol. The molecule has 0 radical (unpaired) electrons. The van der Waals surface area contributed by atoms with Crippen LogP contribution in [0.4, 0.5) is 4.79 Å². The van der Waals surface area contributed by atoms with Crippen LogP contribution in [-0.2, 0) is 19.2 Å². The number of likely N-dealkylation sites (tertiary alicyclic amines) is 1. The predicted octanol–water partition coefficient (Wildman–Crippen LogP) is 2.43. The van der Waals surface area contributed by atoms with Crippen molar-refractivity contribution >= 4 is 35.3 Å². The molecule has 4 rings (SSSR count). The highest BCUT2D eigenvalue weighted by Crippen LogP contribution is 2.65. The molecule has 11 heteroatoms. The zero-order valence-corrected chi connectivity index (χ0v) is 26.6. The number of nitrogens with one attached hydrogen (secondary N) is 3. The summed E-state index contributed by atoms with van der Waals surface area (Å²) >= 11 is 0. The number of nitrogens with two attached hydrogens (primary N) is 1. The molecule has 11 nitrogen and oxygen atoms in total. The average Bonchev–Trinajstić information content (AvgIpc) is 3.86. The van der Waals surface area contributed by atoms with Crippen molar-refractivity contribution in [3.63, 3.8) is 0 Å². The number of carbonyl (C=O) groups is 6. The Morgan fingerprint density at radius 3 is 2.05 bits per heavy atom. The zero-order chi connectivity index (χ0) is 32.5. The van der Waals surface area contributed by atoms with Crippen LogP contribution in [0.5, 0.6) is 0 Å². The molecule has 1 saturated heterocycles. The lowest BCUT2D eigenvalue weighted by Gasteiger charge is -2.36. The Morgan fingerprint density at radius 1 is 0.932 bits per heavy atom. The molecule has 240 valence electrons. The lowest BCUT2D eigenvalue weighted by molar-refractivity contribution is -0.144.